The number of aromatic nitrogens is 2. The standard InChI is InChI=1S/C16H16ClFN4O5/c17-10-7-9(1-2-11(10)18)8-12(20-25)13-14(22-27-21-13)26-6-5-19-15(23)16(24)3-4-16/h1-2,7,24-25H,3-6,8H2,(H,19,23). The highest BCUT2D eigenvalue weighted by atomic mass is 35.5. The molecule has 3 rings (SSSR count). The minimum absolute atomic E-state index is 0.0319. The van der Waals surface area contributed by atoms with E-state index in [0.29, 0.717) is 18.4 Å². The zero-order valence-electron chi connectivity index (χ0n) is 14.0. The van der Waals surface area contributed by atoms with Crippen LogP contribution in [-0.2, 0) is 11.2 Å². The Morgan fingerprint density at radius 2 is 2.22 bits per heavy atom. The summed E-state index contributed by atoms with van der Waals surface area (Å²) in [4.78, 5) is 11.6. The molecule has 1 aromatic heterocycles. The summed E-state index contributed by atoms with van der Waals surface area (Å²) >= 11 is 5.74. The molecule has 11 heteroatoms. The van der Waals surface area contributed by atoms with Gasteiger partial charge < -0.3 is 20.4 Å². The number of nitrogens with one attached hydrogen (secondary N) is 1. The van der Waals surface area contributed by atoms with Gasteiger partial charge in [0.15, 0.2) is 5.69 Å². The first kappa shape index (κ1) is 19.1. The largest absolute Gasteiger partial charge is 0.472 e. The van der Waals surface area contributed by atoms with Crippen LogP contribution in [0.15, 0.2) is 28.0 Å². The van der Waals surface area contributed by atoms with Gasteiger partial charge in [0, 0.05) is 6.42 Å². The van der Waals surface area contributed by atoms with Crippen molar-refractivity contribution < 1.29 is 28.9 Å². The summed E-state index contributed by atoms with van der Waals surface area (Å²) in [5.41, 5.74) is -0.545. The molecule has 0 atom stereocenters. The molecule has 1 amide bonds. The third kappa shape index (κ3) is 4.52. The van der Waals surface area contributed by atoms with Gasteiger partial charge in [-0.25, -0.2) is 9.02 Å². The normalized spacial score (nSPS) is 15.4. The molecule has 9 nitrogen and oxygen atoms in total. The fourth-order valence-electron chi connectivity index (χ4n) is 2.28. The maximum atomic E-state index is 13.2. The van der Waals surface area contributed by atoms with E-state index in [2.05, 4.69) is 25.4 Å². The smallest absolute Gasteiger partial charge is 0.285 e. The second-order valence-corrected chi connectivity index (χ2v) is 6.43. The van der Waals surface area contributed by atoms with E-state index in [0.717, 1.165) is 0 Å². The Balaban J connectivity index is 1.58. The van der Waals surface area contributed by atoms with E-state index in [1.54, 1.807) is 0 Å². The van der Waals surface area contributed by atoms with E-state index < -0.39 is 17.3 Å². The first-order valence-corrected chi connectivity index (χ1v) is 8.42. The molecule has 3 N–H and O–H groups in total. The van der Waals surface area contributed by atoms with Crippen LogP contribution >= 0.6 is 11.6 Å². The van der Waals surface area contributed by atoms with Crippen LogP contribution in [0.2, 0.25) is 5.02 Å². The predicted octanol–water partition coefficient (Wildman–Crippen LogP) is 1.30. The Morgan fingerprint density at radius 3 is 2.89 bits per heavy atom. The summed E-state index contributed by atoms with van der Waals surface area (Å²) in [5, 5.41) is 31.8. The number of ether oxygens (including phenoxy) is 1. The summed E-state index contributed by atoms with van der Waals surface area (Å²) in [6.45, 7) is 0.163. The van der Waals surface area contributed by atoms with Gasteiger partial charge in [0.05, 0.1) is 11.6 Å². The van der Waals surface area contributed by atoms with Crippen LogP contribution in [0.3, 0.4) is 0 Å². The van der Waals surface area contributed by atoms with Gasteiger partial charge in [-0.05, 0) is 40.9 Å². The Morgan fingerprint density at radius 1 is 1.44 bits per heavy atom. The number of amides is 1. The average Bonchev–Trinajstić information content (AvgIpc) is 3.24. The number of hydrogen-bond acceptors (Lipinski definition) is 8. The quantitative estimate of drug-likeness (QED) is 0.264. The molecule has 0 unspecified atom stereocenters. The predicted molar refractivity (Wildman–Crippen MR) is 90.4 cm³/mol. The van der Waals surface area contributed by atoms with Crippen LogP contribution in [0, 0.1) is 5.82 Å². The fraction of sp³-hybridized carbons (Fsp3) is 0.375. The number of oxime groups is 1. The molecule has 1 saturated carbocycles. The Bertz CT molecular complexity index is 868. The van der Waals surface area contributed by atoms with E-state index >= 15 is 0 Å². The monoisotopic (exact) mass is 398 g/mol. The molecular weight excluding hydrogens is 383 g/mol. The molecule has 2 aromatic rings. The summed E-state index contributed by atoms with van der Waals surface area (Å²) in [6.07, 6.45) is 0.965. The van der Waals surface area contributed by atoms with Crippen molar-refractivity contribution in [2.24, 2.45) is 5.16 Å². The molecule has 1 fully saturated rings. The van der Waals surface area contributed by atoms with Crippen LogP contribution in [-0.4, -0.2) is 51.0 Å². The van der Waals surface area contributed by atoms with Crippen molar-refractivity contribution in [2.45, 2.75) is 24.9 Å². The molecule has 0 spiro atoms. The summed E-state index contributed by atoms with van der Waals surface area (Å²) in [6, 6.07) is 4.08. The van der Waals surface area contributed by atoms with Gasteiger partial charge in [0.1, 0.15) is 23.7 Å². The highest BCUT2D eigenvalue weighted by molar-refractivity contribution is 6.30. The summed E-state index contributed by atoms with van der Waals surface area (Å²) in [5.74, 6) is -1.04. The van der Waals surface area contributed by atoms with Gasteiger partial charge >= 0.3 is 0 Å². The van der Waals surface area contributed by atoms with Crippen molar-refractivity contribution in [1.82, 2.24) is 15.6 Å². The lowest BCUT2D eigenvalue weighted by Gasteiger charge is -2.09. The third-order valence-electron chi connectivity index (χ3n) is 3.98. The average molecular weight is 399 g/mol. The lowest BCUT2D eigenvalue weighted by molar-refractivity contribution is -0.131. The number of aliphatic hydroxyl groups is 1. The van der Waals surface area contributed by atoms with Gasteiger partial charge in [0.2, 0.25) is 0 Å². The third-order valence-corrected chi connectivity index (χ3v) is 4.27. The van der Waals surface area contributed by atoms with Crippen molar-refractivity contribution in [3.8, 4) is 5.88 Å². The summed E-state index contributed by atoms with van der Waals surface area (Å²) < 4.78 is 23.3. The number of carbonyl (C=O) groups is 1. The molecular formula is C16H16ClFN4O5. The molecule has 0 bridgehead atoms. The molecule has 0 saturated heterocycles. The van der Waals surface area contributed by atoms with Crippen molar-refractivity contribution in [1.29, 1.82) is 0 Å². The minimum atomic E-state index is -1.26. The first-order chi connectivity index (χ1) is 12.9. The maximum Gasteiger partial charge on any atom is 0.285 e. The van der Waals surface area contributed by atoms with Gasteiger partial charge in [-0.3, -0.25) is 4.79 Å². The number of hydrogen-bond donors (Lipinski definition) is 3. The van der Waals surface area contributed by atoms with E-state index in [9.17, 15) is 19.5 Å². The van der Waals surface area contributed by atoms with E-state index in [-0.39, 0.29) is 41.9 Å². The first-order valence-electron chi connectivity index (χ1n) is 8.04. The molecule has 0 radical (unpaired) electrons. The zero-order chi connectivity index (χ0) is 19.4. The molecule has 144 valence electrons. The molecule has 1 aliphatic rings. The Kier molecular flexibility index (Phi) is 5.57. The highest BCUT2D eigenvalue weighted by Crippen LogP contribution is 2.34. The molecule has 27 heavy (non-hydrogen) atoms. The molecule has 1 heterocycles. The van der Waals surface area contributed by atoms with Gasteiger partial charge in [-0.1, -0.05) is 22.8 Å². The lowest BCUT2D eigenvalue weighted by Crippen LogP contribution is -2.38. The number of carbonyl (C=O) groups excluding carboxylic acids is 1. The van der Waals surface area contributed by atoms with Crippen molar-refractivity contribution in [3.63, 3.8) is 0 Å². The summed E-state index contributed by atoms with van der Waals surface area (Å²) in [7, 11) is 0. The minimum Gasteiger partial charge on any atom is -0.472 e. The van der Waals surface area contributed by atoms with Crippen molar-refractivity contribution >= 4 is 23.2 Å². The zero-order valence-corrected chi connectivity index (χ0v) is 14.7. The number of benzene rings is 1. The Labute approximate surface area is 157 Å². The van der Waals surface area contributed by atoms with E-state index in [4.69, 9.17) is 16.3 Å². The second kappa shape index (κ2) is 7.89. The Hall–Kier alpha value is -2.72. The molecule has 1 aromatic carbocycles. The maximum absolute atomic E-state index is 13.2. The van der Waals surface area contributed by atoms with E-state index in [1.807, 2.05) is 0 Å². The second-order valence-electron chi connectivity index (χ2n) is 6.03. The lowest BCUT2D eigenvalue weighted by atomic mass is 10.1. The van der Waals surface area contributed by atoms with Crippen LogP contribution in [0.25, 0.3) is 0 Å². The van der Waals surface area contributed by atoms with E-state index in [1.165, 1.54) is 18.2 Å². The topological polar surface area (TPSA) is 130 Å². The molecule has 1 aliphatic carbocycles. The van der Waals surface area contributed by atoms with Crippen molar-refractivity contribution in [2.75, 3.05) is 13.2 Å². The van der Waals surface area contributed by atoms with Gasteiger partial charge in [-0.15, -0.1) is 0 Å². The van der Waals surface area contributed by atoms with Gasteiger partial charge in [-0.2, -0.15) is 0 Å². The number of rotatable bonds is 8. The van der Waals surface area contributed by atoms with Crippen LogP contribution in [0.5, 0.6) is 5.88 Å². The van der Waals surface area contributed by atoms with Crippen LogP contribution in [0.4, 0.5) is 4.39 Å². The van der Waals surface area contributed by atoms with Gasteiger partial charge in [0.25, 0.3) is 11.8 Å². The fourth-order valence-corrected chi connectivity index (χ4v) is 2.49. The SMILES string of the molecule is O=C(NCCOc1nonc1C(Cc1ccc(F)c(Cl)c1)=NO)C1(O)CC1. The number of halogens is 2. The highest BCUT2D eigenvalue weighted by Gasteiger charge is 2.47. The van der Waals surface area contributed by atoms with Crippen LogP contribution < -0.4 is 10.1 Å². The van der Waals surface area contributed by atoms with Crippen molar-refractivity contribution in [3.05, 3.63) is 40.3 Å². The van der Waals surface area contributed by atoms with Crippen LogP contribution in [0.1, 0.15) is 24.1 Å². The number of nitrogens with zero attached hydrogens (tertiary/aromatic N) is 3. The molecule has 0 aliphatic heterocycles.